The highest BCUT2D eigenvalue weighted by atomic mass is 32.2. The third-order valence-corrected chi connectivity index (χ3v) is 6.19. The van der Waals surface area contributed by atoms with Gasteiger partial charge >= 0.3 is 6.09 Å². The Labute approximate surface area is 144 Å². The van der Waals surface area contributed by atoms with Gasteiger partial charge in [-0.3, -0.25) is 0 Å². The highest BCUT2D eigenvalue weighted by Crippen LogP contribution is 2.48. The minimum Gasteiger partial charge on any atom is -0.598 e. The van der Waals surface area contributed by atoms with Crippen molar-refractivity contribution in [2.75, 3.05) is 0 Å². The van der Waals surface area contributed by atoms with Gasteiger partial charge in [-0.2, -0.15) is 0 Å². The van der Waals surface area contributed by atoms with Crippen molar-refractivity contribution in [3.8, 4) is 0 Å². The van der Waals surface area contributed by atoms with Gasteiger partial charge in [-0.05, 0) is 66.2 Å². The molecule has 0 aliphatic heterocycles. The third-order valence-electron chi connectivity index (χ3n) is 4.49. The summed E-state index contributed by atoms with van der Waals surface area (Å²) in [5.41, 5.74) is -0.554. The number of hydrogen-bond acceptors (Lipinski definition) is 4. The molecule has 0 spiro atoms. The average Bonchev–Trinajstić information content (AvgIpc) is 2.30. The molecule has 1 rings (SSSR count). The van der Waals surface area contributed by atoms with Crippen LogP contribution in [0.2, 0.25) is 0 Å². The van der Waals surface area contributed by atoms with E-state index >= 15 is 0 Å². The van der Waals surface area contributed by atoms with Crippen LogP contribution in [0.15, 0.2) is 0 Å². The fraction of sp³-hybridized carbons (Fsp3) is 0.941. The van der Waals surface area contributed by atoms with Crippen molar-refractivity contribution in [3.63, 3.8) is 0 Å². The maximum absolute atomic E-state index is 12.3. The summed E-state index contributed by atoms with van der Waals surface area (Å²) in [7, 11) is 0. The Bertz CT molecular complexity index is 427. The molecule has 23 heavy (non-hydrogen) atoms. The number of rotatable bonds is 4. The lowest BCUT2D eigenvalue weighted by atomic mass is 9.56. The molecular weight excluding hydrogens is 312 g/mol. The average molecular weight is 347 g/mol. The highest BCUT2D eigenvalue weighted by Gasteiger charge is 2.52. The zero-order valence-corrected chi connectivity index (χ0v) is 16.9. The van der Waals surface area contributed by atoms with Crippen LogP contribution in [0.4, 0.5) is 4.79 Å². The zero-order valence-electron chi connectivity index (χ0n) is 16.1. The molecule has 1 saturated carbocycles. The van der Waals surface area contributed by atoms with Gasteiger partial charge in [-0.15, -0.1) is 4.72 Å². The van der Waals surface area contributed by atoms with Gasteiger partial charge in [0.2, 0.25) is 0 Å². The Kier molecular flexibility index (Phi) is 6.09. The molecule has 1 fully saturated rings. The van der Waals surface area contributed by atoms with E-state index in [1.165, 1.54) is 0 Å². The molecule has 0 bridgehead atoms. The van der Waals surface area contributed by atoms with E-state index < -0.39 is 17.0 Å². The number of nitrogens with one attached hydrogen (secondary N) is 2. The normalized spacial score (nSPS) is 26.9. The van der Waals surface area contributed by atoms with Gasteiger partial charge in [0.05, 0.1) is 6.04 Å². The van der Waals surface area contributed by atoms with E-state index in [0.717, 1.165) is 6.42 Å². The van der Waals surface area contributed by atoms with Gasteiger partial charge in [0.1, 0.15) is 10.3 Å². The molecule has 0 heterocycles. The Balaban J connectivity index is 2.56. The van der Waals surface area contributed by atoms with Crippen LogP contribution in [0.5, 0.6) is 0 Å². The molecular formula is C17H34N2O3S. The standard InChI is InChI=1S/C17H34N2O3S/c1-11(19-23(21)16(5,6)7)12-10-13(17(12,8)9)18-14(20)22-15(2,3)4/h11-13,19H,10H2,1-9H3,(H,18,20)/t11-,12+,13+,23-/m0/s1. The fourth-order valence-electron chi connectivity index (χ4n) is 2.93. The first-order chi connectivity index (χ1) is 10.1. The minimum atomic E-state index is -1.09. The first-order valence-electron chi connectivity index (χ1n) is 8.32. The van der Waals surface area contributed by atoms with Crippen molar-refractivity contribution in [3.05, 3.63) is 0 Å². The zero-order chi connectivity index (χ0) is 18.2. The van der Waals surface area contributed by atoms with Gasteiger partial charge < -0.3 is 14.6 Å². The summed E-state index contributed by atoms with van der Waals surface area (Å²) in [6.07, 6.45) is 0.495. The van der Waals surface area contributed by atoms with Crippen molar-refractivity contribution >= 4 is 17.5 Å². The number of alkyl carbamates (subject to hydrolysis) is 1. The number of ether oxygens (including phenoxy) is 1. The molecule has 2 N–H and O–H groups in total. The number of carbonyl (C=O) groups excluding carboxylic acids is 1. The summed E-state index contributed by atoms with van der Waals surface area (Å²) in [6, 6.07) is 0.205. The number of amides is 1. The Morgan fingerprint density at radius 1 is 1.26 bits per heavy atom. The second kappa shape index (κ2) is 6.81. The largest absolute Gasteiger partial charge is 0.598 e. The highest BCUT2D eigenvalue weighted by molar-refractivity contribution is 7.90. The van der Waals surface area contributed by atoms with Crippen LogP contribution < -0.4 is 10.0 Å². The smallest absolute Gasteiger partial charge is 0.407 e. The van der Waals surface area contributed by atoms with Crippen LogP contribution in [0.3, 0.4) is 0 Å². The summed E-state index contributed by atoms with van der Waals surface area (Å²) in [5, 5.41) is 2.97. The SMILES string of the molecule is C[C@H](N[S@@+]([O-])C(C)(C)C)[C@H]1C[C@@H](NC(=O)OC(C)(C)C)C1(C)C. The fourth-order valence-corrected chi connectivity index (χ4v) is 3.79. The molecule has 4 atom stereocenters. The van der Waals surface area contributed by atoms with E-state index in [2.05, 4.69) is 30.8 Å². The molecule has 1 aliphatic rings. The summed E-state index contributed by atoms with van der Waals surface area (Å²) < 4.78 is 20.5. The molecule has 1 aliphatic carbocycles. The lowest BCUT2D eigenvalue weighted by Gasteiger charge is -2.54. The second-order valence-electron chi connectivity index (χ2n) is 9.15. The van der Waals surface area contributed by atoms with Crippen LogP contribution in [0.25, 0.3) is 0 Å². The molecule has 0 unspecified atom stereocenters. The second-order valence-corrected chi connectivity index (χ2v) is 11.1. The molecule has 136 valence electrons. The Hall–Kier alpha value is -0.460. The topological polar surface area (TPSA) is 73.4 Å². The van der Waals surface area contributed by atoms with Gasteiger partial charge in [0, 0.05) is 17.4 Å². The molecule has 6 heteroatoms. The van der Waals surface area contributed by atoms with Gasteiger partial charge in [-0.25, -0.2) is 4.79 Å². The van der Waals surface area contributed by atoms with E-state index in [-0.39, 0.29) is 28.3 Å². The molecule has 0 saturated heterocycles. The Morgan fingerprint density at radius 2 is 1.78 bits per heavy atom. The molecule has 1 amide bonds. The van der Waals surface area contributed by atoms with Crippen LogP contribution in [-0.2, 0) is 16.1 Å². The van der Waals surface area contributed by atoms with Gasteiger partial charge in [0.15, 0.2) is 0 Å². The monoisotopic (exact) mass is 346 g/mol. The summed E-state index contributed by atoms with van der Waals surface area (Å²) in [5.74, 6) is 0.355. The lowest BCUT2D eigenvalue weighted by molar-refractivity contribution is -0.0142. The van der Waals surface area contributed by atoms with Crippen LogP contribution in [-0.4, -0.2) is 33.1 Å². The molecule has 5 nitrogen and oxygen atoms in total. The van der Waals surface area contributed by atoms with Crippen molar-refractivity contribution in [2.45, 2.75) is 91.2 Å². The predicted octanol–water partition coefficient (Wildman–Crippen LogP) is 3.37. The van der Waals surface area contributed by atoms with Crippen LogP contribution >= 0.6 is 0 Å². The van der Waals surface area contributed by atoms with Crippen molar-refractivity contribution < 1.29 is 14.1 Å². The summed E-state index contributed by atoms with van der Waals surface area (Å²) in [6.45, 7) is 17.8. The van der Waals surface area contributed by atoms with Crippen molar-refractivity contribution in [2.24, 2.45) is 11.3 Å². The third kappa shape index (κ3) is 5.54. The van der Waals surface area contributed by atoms with Crippen molar-refractivity contribution in [1.29, 1.82) is 0 Å². The molecule has 0 aromatic rings. The van der Waals surface area contributed by atoms with Crippen LogP contribution in [0, 0.1) is 11.3 Å². The number of hydrogen-bond donors (Lipinski definition) is 2. The lowest BCUT2D eigenvalue weighted by Crippen LogP contribution is -2.64. The van der Waals surface area contributed by atoms with Gasteiger partial charge in [-0.1, -0.05) is 13.8 Å². The maximum Gasteiger partial charge on any atom is 0.407 e. The van der Waals surface area contributed by atoms with Gasteiger partial charge in [0.25, 0.3) is 0 Å². The Morgan fingerprint density at radius 3 is 2.17 bits per heavy atom. The first kappa shape index (κ1) is 20.6. The van der Waals surface area contributed by atoms with E-state index in [9.17, 15) is 9.35 Å². The summed E-state index contributed by atoms with van der Waals surface area (Å²) in [4.78, 5) is 11.9. The maximum atomic E-state index is 12.3. The number of carbonyl (C=O) groups is 1. The summed E-state index contributed by atoms with van der Waals surface area (Å²) >= 11 is -1.09. The molecule has 0 aromatic carbocycles. The van der Waals surface area contributed by atoms with E-state index in [4.69, 9.17) is 4.74 Å². The van der Waals surface area contributed by atoms with Crippen molar-refractivity contribution in [1.82, 2.24) is 10.0 Å². The predicted molar refractivity (Wildman–Crippen MR) is 95.5 cm³/mol. The molecule has 0 radical (unpaired) electrons. The van der Waals surface area contributed by atoms with E-state index in [1.54, 1.807) is 0 Å². The van der Waals surface area contributed by atoms with E-state index in [0.29, 0.717) is 5.92 Å². The van der Waals surface area contributed by atoms with Crippen LogP contribution in [0.1, 0.15) is 68.7 Å². The molecule has 0 aromatic heterocycles. The van der Waals surface area contributed by atoms with E-state index in [1.807, 2.05) is 41.5 Å². The minimum absolute atomic E-state index is 0.0641. The first-order valence-corrected chi connectivity index (χ1v) is 9.47. The quantitative estimate of drug-likeness (QED) is 0.766.